The Hall–Kier alpha value is -3.60. The minimum absolute atomic E-state index is 0.0285. The third kappa shape index (κ3) is 19.1. The molecule has 1 aliphatic rings. The summed E-state index contributed by atoms with van der Waals surface area (Å²) in [5, 5.41) is 8.89. The van der Waals surface area contributed by atoms with Gasteiger partial charge in [-0.15, -0.1) is 0 Å². The fourth-order valence-corrected chi connectivity index (χ4v) is 7.15. The lowest BCUT2D eigenvalue weighted by molar-refractivity contribution is -0.145. The van der Waals surface area contributed by atoms with Gasteiger partial charge in [-0.2, -0.15) is 0 Å². The molecule has 57 heavy (non-hydrogen) atoms. The summed E-state index contributed by atoms with van der Waals surface area (Å²) in [6.07, 6.45) is 4.34. The van der Waals surface area contributed by atoms with E-state index in [0.29, 0.717) is 6.54 Å². The van der Waals surface area contributed by atoms with Crippen LogP contribution in [0.4, 0.5) is 0 Å². The Morgan fingerprint density at radius 2 is 1.58 bits per heavy atom. The van der Waals surface area contributed by atoms with Crippen LogP contribution >= 0.6 is 0 Å². The summed E-state index contributed by atoms with van der Waals surface area (Å²) in [5.41, 5.74) is 1.15. The van der Waals surface area contributed by atoms with E-state index in [4.69, 9.17) is 9.47 Å². The predicted molar refractivity (Wildman–Crippen MR) is 225 cm³/mol. The molecule has 15 nitrogen and oxygen atoms in total. The van der Waals surface area contributed by atoms with Crippen LogP contribution in [0.5, 0.6) is 0 Å². The topological polar surface area (TPSA) is 193 Å². The van der Waals surface area contributed by atoms with Crippen molar-refractivity contribution < 1.29 is 41.9 Å². The van der Waals surface area contributed by atoms with Gasteiger partial charge in [-0.1, -0.05) is 91.6 Å². The van der Waals surface area contributed by atoms with E-state index in [1.807, 2.05) is 76.8 Å². The van der Waals surface area contributed by atoms with Crippen molar-refractivity contribution >= 4 is 40.1 Å². The zero-order chi connectivity index (χ0) is 43.9. The van der Waals surface area contributed by atoms with E-state index in [2.05, 4.69) is 29.8 Å². The summed E-state index contributed by atoms with van der Waals surface area (Å²) in [5.74, 6) is -1.06. The Balaban J connectivity index is 0.00000278. The number of ether oxygens (including phenoxy) is 2. The number of nitrogens with one attached hydrogen (secondary N) is 4. The number of rotatable bonds is 21. The number of carbonyl (C=O) groups excluding carboxylic acids is 5. The quantitative estimate of drug-likeness (QED) is 0.134. The second-order valence-electron chi connectivity index (χ2n) is 15.2. The molecule has 0 spiro atoms. The highest BCUT2D eigenvalue weighted by atomic mass is 32.2. The van der Waals surface area contributed by atoms with E-state index in [9.17, 15) is 32.4 Å². The number of amides is 5. The van der Waals surface area contributed by atoms with E-state index in [1.165, 1.54) is 6.42 Å². The molecule has 8 unspecified atom stereocenters. The van der Waals surface area contributed by atoms with Crippen LogP contribution in [0.3, 0.4) is 0 Å². The lowest BCUT2D eigenvalue weighted by Crippen LogP contribution is -2.55. The number of methoxy groups -OCH3 is 2. The second-order valence-corrected chi connectivity index (χ2v) is 17.0. The molecule has 2 rings (SSSR count). The molecule has 16 heteroatoms. The standard InChI is InChI=1S/C36H61N5O6.C3H8.C2H5NO3S/c1-11-24(4)33(40(8)31(43)22-38-36(45)32(37-7)23(2)3)29(46-9)21-30(42)41-19-15-18-28(41)34(47-10)26(6)35(44)39-25(5)20-27-16-13-12-14-17-27;1-3-2;1-7(5,6)3-2-4/h12-14,16-17,23-26,28-29,32-34,37H,11,15,18-22H2,1-10H3,(H,38,45)(H,39,44);3H2,1-2H3;2H,1H3,(H,3,4). The maximum atomic E-state index is 13.9. The van der Waals surface area contributed by atoms with E-state index in [1.54, 1.807) is 37.9 Å². The molecule has 4 N–H and O–H groups in total. The van der Waals surface area contributed by atoms with Gasteiger partial charge >= 0.3 is 0 Å². The van der Waals surface area contributed by atoms with Crippen molar-refractivity contribution in [2.24, 2.45) is 17.8 Å². The monoisotopic (exact) mass is 827 g/mol. The van der Waals surface area contributed by atoms with Crippen molar-refractivity contribution in [1.82, 2.24) is 30.5 Å². The van der Waals surface area contributed by atoms with Crippen LogP contribution < -0.4 is 20.7 Å². The zero-order valence-corrected chi connectivity index (χ0v) is 37.6. The van der Waals surface area contributed by atoms with Gasteiger partial charge in [0.1, 0.15) is 0 Å². The lowest BCUT2D eigenvalue weighted by atomic mass is 9.90. The molecule has 328 valence electrons. The van der Waals surface area contributed by atoms with Crippen molar-refractivity contribution in [1.29, 1.82) is 0 Å². The van der Waals surface area contributed by atoms with Gasteiger partial charge in [0.25, 0.3) is 0 Å². The molecule has 0 aliphatic carbocycles. The van der Waals surface area contributed by atoms with Crippen molar-refractivity contribution in [2.45, 2.75) is 130 Å². The van der Waals surface area contributed by atoms with Gasteiger partial charge in [-0.05, 0) is 50.6 Å². The largest absolute Gasteiger partial charge is 0.379 e. The Morgan fingerprint density at radius 3 is 2.04 bits per heavy atom. The summed E-state index contributed by atoms with van der Waals surface area (Å²) < 4.78 is 33.2. The SMILES string of the molecule is CCC.CCC(C)C(C(CC(=O)N1CCCC1C(OC)C(C)C(=O)NC(C)Cc1ccccc1)OC)N(C)C(=O)CNC(=O)C(NC)C(C)C.CS(=O)(=O)NC=O. The second kappa shape index (κ2) is 27.9. The van der Waals surface area contributed by atoms with E-state index >= 15 is 0 Å². The summed E-state index contributed by atoms with van der Waals surface area (Å²) in [7, 11) is 3.30. The highest BCUT2D eigenvalue weighted by Crippen LogP contribution is 2.29. The summed E-state index contributed by atoms with van der Waals surface area (Å²) in [4.78, 5) is 66.0. The molecule has 1 aliphatic heterocycles. The summed E-state index contributed by atoms with van der Waals surface area (Å²) in [6.45, 7) is 16.5. The highest BCUT2D eigenvalue weighted by Gasteiger charge is 2.42. The number of nitrogens with zero attached hydrogens (tertiary/aromatic N) is 2. The summed E-state index contributed by atoms with van der Waals surface area (Å²) in [6, 6.07) is 8.93. The Labute approximate surface area is 343 Å². The number of sulfonamides is 1. The number of likely N-dealkylation sites (tertiary alicyclic amines) is 1. The predicted octanol–water partition coefficient (Wildman–Crippen LogP) is 3.12. The van der Waals surface area contributed by atoms with Gasteiger partial charge in [0.2, 0.25) is 40.1 Å². The van der Waals surface area contributed by atoms with Crippen molar-refractivity contribution in [2.75, 3.05) is 47.7 Å². The molecule has 1 heterocycles. The molecule has 5 amide bonds. The number of hydrogen-bond acceptors (Lipinski definition) is 10. The van der Waals surface area contributed by atoms with E-state index < -0.39 is 40.2 Å². The normalized spacial score (nSPS) is 17.5. The first kappa shape index (κ1) is 53.4. The van der Waals surface area contributed by atoms with Gasteiger partial charge in [0.15, 0.2) is 0 Å². The first-order valence-corrected chi connectivity index (χ1v) is 22.0. The third-order valence-electron chi connectivity index (χ3n) is 10.0. The molecule has 1 fully saturated rings. The Morgan fingerprint density at radius 1 is 0.982 bits per heavy atom. The fraction of sp³-hybridized carbons (Fsp3) is 0.732. The molecular weight excluding hydrogens is 753 g/mol. The Bertz CT molecular complexity index is 1450. The molecular formula is C41H74N6O9S. The highest BCUT2D eigenvalue weighted by molar-refractivity contribution is 7.89. The smallest absolute Gasteiger partial charge is 0.242 e. The van der Waals surface area contributed by atoms with Crippen LogP contribution in [-0.4, -0.2) is 132 Å². The zero-order valence-electron chi connectivity index (χ0n) is 36.8. The maximum absolute atomic E-state index is 13.9. The summed E-state index contributed by atoms with van der Waals surface area (Å²) >= 11 is 0. The molecule has 8 atom stereocenters. The van der Waals surface area contributed by atoms with Gasteiger partial charge in [-0.3, -0.25) is 28.7 Å². The number of hydrogen-bond donors (Lipinski definition) is 4. The molecule has 0 aromatic heterocycles. The average Bonchev–Trinajstić information content (AvgIpc) is 3.63. The van der Waals surface area contributed by atoms with Gasteiger partial charge in [-0.25, -0.2) is 8.42 Å². The fourth-order valence-electron chi connectivity index (χ4n) is 6.97. The van der Waals surface area contributed by atoms with Crippen LogP contribution in [0.2, 0.25) is 0 Å². The molecule has 1 aromatic rings. The average molecular weight is 827 g/mol. The molecule has 0 radical (unpaired) electrons. The molecule has 0 bridgehead atoms. The van der Waals surface area contributed by atoms with Crippen LogP contribution in [0.1, 0.15) is 93.1 Å². The number of benzene rings is 1. The first-order valence-electron chi connectivity index (χ1n) is 20.1. The molecule has 1 saturated heterocycles. The van der Waals surface area contributed by atoms with Gasteiger partial charge in [0, 0.05) is 33.9 Å². The third-order valence-corrected chi connectivity index (χ3v) is 10.5. The van der Waals surface area contributed by atoms with E-state index in [-0.39, 0.29) is 66.9 Å². The van der Waals surface area contributed by atoms with Crippen LogP contribution in [-0.2, 0) is 49.9 Å². The lowest BCUT2D eigenvalue weighted by Gasteiger charge is -2.39. The first-order chi connectivity index (χ1) is 26.8. The minimum Gasteiger partial charge on any atom is -0.379 e. The van der Waals surface area contributed by atoms with Crippen molar-refractivity contribution in [3.05, 3.63) is 35.9 Å². The minimum atomic E-state index is -3.29. The molecule has 0 saturated carbocycles. The van der Waals surface area contributed by atoms with Crippen LogP contribution in [0.15, 0.2) is 30.3 Å². The Kier molecular flexibility index (Phi) is 26.2. The van der Waals surface area contributed by atoms with Crippen LogP contribution in [0, 0.1) is 17.8 Å². The number of carbonyl (C=O) groups is 5. The van der Waals surface area contributed by atoms with E-state index in [0.717, 1.165) is 37.5 Å². The van der Waals surface area contributed by atoms with Gasteiger partial charge < -0.3 is 35.2 Å². The van der Waals surface area contributed by atoms with Crippen molar-refractivity contribution in [3.63, 3.8) is 0 Å². The molecule has 1 aromatic carbocycles. The van der Waals surface area contributed by atoms with Crippen LogP contribution in [0.25, 0.3) is 0 Å². The number of likely N-dealkylation sites (N-methyl/N-ethyl adjacent to an activating group) is 2. The van der Waals surface area contributed by atoms with Gasteiger partial charge in [0.05, 0.1) is 55.5 Å². The van der Waals surface area contributed by atoms with Crippen molar-refractivity contribution in [3.8, 4) is 0 Å². The maximum Gasteiger partial charge on any atom is 0.242 e.